The molecule has 0 aromatic heterocycles. The lowest BCUT2D eigenvalue weighted by Crippen LogP contribution is -2.69. The predicted octanol–water partition coefficient (Wildman–Crippen LogP) is 3.40. The van der Waals surface area contributed by atoms with Crippen LogP contribution in [0, 0.1) is 16.7 Å². The van der Waals surface area contributed by atoms with E-state index in [0.717, 1.165) is 12.5 Å². The van der Waals surface area contributed by atoms with E-state index in [2.05, 4.69) is 15.2 Å². The first-order valence-corrected chi connectivity index (χ1v) is 9.86. The Morgan fingerprint density at radius 1 is 1.12 bits per heavy atom. The lowest BCUT2D eigenvalue weighted by Gasteiger charge is -2.57. The maximum absolute atomic E-state index is 6.13. The monoisotopic (exact) mass is 445 g/mol. The molecule has 5 fully saturated rings. The highest BCUT2D eigenvalue weighted by atomic mass is 127. The number of hydrogen-bond donors (Lipinski definition) is 1. The van der Waals surface area contributed by atoms with E-state index in [9.17, 15) is 0 Å². The Kier molecular flexibility index (Phi) is 4.55. The molecule has 136 valence electrons. The molecule has 0 radical (unpaired) electrons. The Balaban J connectivity index is 0.00000146. The molecule has 3 saturated carbocycles. The molecular weight excluding hydrogens is 413 g/mol. The summed E-state index contributed by atoms with van der Waals surface area (Å²) in [4.78, 5) is 7.22. The summed E-state index contributed by atoms with van der Waals surface area (Å²) >= 11 is 0. The molecule has 2 aliphatic heterocycles. The minimum Gasteiger partial charge on any atom is -0.377 e. The van der Waals surface area contributed by atoms with Crippen LogP contribution in [0.25, 0.3) is 0 Å². The number of aliphatic imine (C=N–C) groups is 1. The van der Waals surface area contributed by atoms with Crippen LogP contribution in [0.15, 0.2) is 4.99 Å². The van der Waals surface area contributed by atoms with Gasteiger partial charge < -0.3 is 15.0 Å². The first-order chi connectivity index (χ1) is 11.3. The van der Waals surface area contributed by atoms with Gasteiger partial charge in [0.2, 0.25) is 0 Å². The normalized spacial score (nSPS) is 38.6. The zero-order valence-electron chi connectivity index (χ0n) is 14.9. The van der Waals surface area contributed by atoms with Crippen molar-refractivity contribution in [2.45, 2.75) is 69.9 Å². The Morgan fingerprint density at radius 2 is 1.92 bits per heavy atom. The van der Waals surface area contributed by atoms with E-state index in [1.165, 1.54) is 76.8 Å². The molecule has 2 spiro atoms. The van der Waals surface area contributed by atoms with E-state index in [4.69, 9.17) is 4.74 Å². The number of ether oxygens (including phenoxy) is 1. The fraction of sp³-hybridized carbons (Fsp3) is 0.947. The van der Waals surface area contributed by atoms with Crippen LogP contribution in [0.3, 0.4) is 0 Å². The Bertz CT molecular complexity index is 513. The van der Waals surface area contributed by atoms with Gasteiger partial charge in [-0.25, -0.2) is 0 Å². The van der Waals surface area contributed by atoms with Gasteiger partial charge in [0.15, 0.2) is 5.96 Å². The number of halogens is 1. The molecule has 5 heteroatoms. The highest BCUT2D eigenvalue weighted by molar-refractivity contribution is 14.0. The van der Waals surface area contributed by atoms with Crippen LogP contribution in [0.1, 0.15) is 57.8 Å². The van der Waals surface area contributed by atoms with E-state index < -0.39 is 0 Å². The quantitative estimate of drug-likeness (QED) is 0.382. The maximum atomic E-state index is 6.13. The van der Waals surface area contributed by atoms with Crippen LogP contribution in [-0.2, 0) is 4.74 Å². The molecule has 5 rings (SSSR count). The predicted molar refractivity (Wildman–Crippen MR) is 107 cm³/mol. The summed E-state index contributed by atoms with van der Waals surface area (Å²) < 4.78 is 6.13. The van der Waals surface area contributed by atoms with Crippen molar-refractivity contribution >= 4 is 29.9 Å². The highest BCUT2D eigenvalue weighted by Crippen LogP contribution is 2.60. The molecule has 24 heavy (non-hydrogen) atoms. The molecule has 3 unspecified atom stereocenters. The Hall–Kier alpha value is -0.0400. The average Bonchev–Trinajstić information content (AvgIpc) is 3.25. The number of nitrogens with one attached hydrogen (secondary N) is 1. The summed E-state index contributed by atoms with van der Waals surface area (Å²) in [6.07, 6.45) is 12.9. The third kappa shape index (κ3) is 2.36. The number of fused-ring (bicyclic) bond motifs is 2. The van der Waals surface area contributed by atoms with Crippen LogP contribution in [-0.4, -0.2) is 49.7 Å². The van der Waals surface area contributed by atoms with Crippen molar-refractivity contribution in [1.82, 2.24) is 10.2 Å². The topological polar surface area (TPSA) is 36.9 Å². The van der Waals surface area contributed by atoms with E-state index in [-0.39, 0.29) is 24.0 Å². The first kappa shape index (κ1) is 17.4. The third-order valence-corrected chi connectivity index (χ3v) is 7.93. The second kappa shape index (κ2) is 6.29. The fourth-order valence-corrected chi connectivity index (χ4v) is 6.54. The van der Waals surface area contributed by atoms with Gasteiger partial charge in [0.05, 0.1) is 6.10 Å². The van der Waals surface area contributed by atoms with Gasteiger partial charge in [0.1, 0.15) is 0 Å². The molecule has 0 aromatic rings. The number of rotatable bonds is 1. The molecule has 0 bridgehead atoms. The van der Waals surface area contributed by atoms with Gasteiger partial charge in [-0.1, -0.05) is 19.3 Å². The molecule has 3 aliphatic carbocycles. The number of guanidine groups is 1. The minimum atomic E-state index is 0. The standard InChI is InChI=1S/C19H31N3O.HI/c1-20-17(22-11-10-18(13-22)6-4-7-18)21-15-14-5-12-23-16(14)19(15)8-2-3-9-19;/h14-16H,2-13H2,1H3,(H,20,21);1H. The second-order valence-corrected chi connectivity index (χ2v) is 8.88. The molecular formula is C19H32IN3O. The molecule has 3 atom stereocenters. The Labute approximate surface area is 163 Å². The molecule has 0 amide bonds. The van der Waals surface area contributed by atoms with Crippen molar-refractivity contribution in [1.29, 1.82) is 0 Å². The Morgan fingerprint density at radius 3 is 2.54 bits per heavy atom. The average molecular weight is 445 g/mol. The van der Waals surface area contributed by atoms with Gasteiger partial charge >= 0.3 is 0 Å². The molecule has 2 heterocycles. The molecule has 2 saturated heterocycles. The molecule has 5 aliphatic rings. The third-order valence-electron chi connectivity index (χ3n) is 7.93. The van der Waals surface area contributed by atoms with Gasteiger partial charge in [-0.3, -0.25) is 4.99 Å². The van der Waals surface area contributed by atoms with Crippen LogP contribution in [0.5, 0.6) is 0 Å². The minimum absolute atomic E-state index is 0. The maximum Gasteiger partial charge on any atom is 0.193 e. The largest absolute Gasteiger partial charge is 0.377 e. The summed E-state index contributed by atoms with van der Waals surface area (Å²) in [5.41, 5.74) is 1.06. The van der Waals surface area contributed by atoms with Crippen molar-refractivity contribution in [3.8, 4) is 0 Å². The fourth-order valence-electron chi connectivity index (χ4n) is 6.54. The second-order valence-electron chi connectivity index (χ2n) is 8.88. The van der Waals surface area contributed by atoms with Gasteiger partial charge in [-0.15, -0.1) is 24.0 Å². The zero-order chi connectivity index (χ0) is 15.5. The van der Waals surface area contributed by atoms with Gasteiger partial charge in [0.25, 0.3) is 0 Å². The lowest BCUT2D eigenvalue weighted by molar-refractivity contribution is -0.125. The summed E-state index contributed by atoms with van der Waals surface area (Å²) in [6, 6.07) is 0.606. The van der Waals surface area contributed by atoms with E-state index in [1.54, 1.807) is 0 Å². The summed E-state index contributed by atoms with van der Waals surface area (Å²) in [6.45, 7) is 3.40. The number of hydrogen-bond acceptors (Lipinski definition) is 2. The summed E-state index contributed by atoms with van der Waals surface area (Å²) in [7, 11) is 1.97. The van der Waals surface area contributed by atoms with E-state index >= 15 is 0 Å². The SMILES string of the molecule is CN=C(NC1C2CCOC2C12CCCC2)N1CCC2(CCC2)C1.I. The van der Waals surface area contributed by atoms with Crippen molar-refractivity contribution in [2.75, 3.05) is 26.7 Å². The van der Waals surface area contributed by atoms with Crippen molar-refractivity contribution in [3.63, 3.8) is 0 Å². The van der Waals surface area contributed by atoms with Gasteiger partial charge in [-0.05, 0) is 43.9 Å². The molecule has 0 aromatic carbocycles. The highest BCUT2D eigenvalue weighted by Gasteiger charge is 2.65. The van der Waals surface area contributed by atoms with E-state index in [0.29, 0.717) is 23.0 Å². The number of nitrogens with zero attached hydrogens (tertiary/aromatic N) is 2. The smallest absolute Gasteiger partial charge is 0.193 e. The first-order valence-electron chi connectivity index (χ1n) is 9.86. The van der Waals surface area contributed by atoms with Crippen molar-refractivity contribution < 1.29 is 4.74 Å². The molecule has 1 N–H and O–H groups in total. The molecule has 4 nitrogen and oxygen atoms in total. The van der Waals surface area contributed by atoms with Crippen LogP contribution < -0.4 is 5.32 Å². The van der Waals surface area contributed by atoms with Gasteiger partial charge in [0, 0.05) is 44.1 Å². The lowest BCUT2D eigenvalue weighted by atomic mass is 9.54. The summed E-state index contributed by atoms with van der Waals surface area (Å²) in [5, 5.41) is 3.93. The summed E-state index contributed by atoms with van der Waals surface area (Å²) in [5.74, 6) is 1.90. The van der Waals surface area contributed by atoms with Crippen molar-refractivity contribution in [2.24, 2.45) is 21.7 Å². The van der Waals surface area contributed by atoms with Crippen LogP contribution in [0.2, 0.25) is 0 Å². The van der Waals surface area contributed by atoms with Crippen LogP contribution in [0.4, 0.5) is 0 Å². The van der Waals surface area contributed by atoms with E-state index in [1.807, 2.05) is 7.05 Å². The van der Waals surface area contributed by atoms with Crippen LogP contribution >= 0.6 is 24.0 Å². The van der Waals surface area contributed by atoms with Gasteiger partial charge in [-0.2, -0.15) is 0 Å². The van der Waals surface area contributed by atoms with Crippen molar-refractivity contribution in [3.05, 3.63) is 0 Å². The number of likely N-dealkylation sites (tertiary alicyclic amines) is 1. The zero-order valence-corrected chi connectivity index (χ0v) is 17.3.